The first-order valence-corrected chi connectivity index (χ1v) is 3.64. The van der Waals surface area contributed by atoms with E-state index >= 15 is 0 Å². The molecule has 1 rings (SSSR count). The number of hydrogen-bond acceptors (Lipinski definition) is 1. The molecule has 0 spiro atoms. The van der Waals surface area contributed by atoms with Crippen LogP contribution in [0.3, 0.4) is 0 Å². The molecule has 12 heavy (non-hydrogen) atoms. The highest BCUT2D eigenvalue weighted by Crippen LogP contribution is 2.10. The van der Waals surface area contributed by atoms with Crippen LogP contribution in [0.15, 0.2) is 18.2 Å². The zero-order valence-electron chi connectivity index (χ0n) is 6.80. The molecular formula is C9H8BFO. The summed E-state index contributed by atoms with van der Waals surface area (Å²) in [6.45, 7) is 1.64. The lowest BCUT2D eigenvalue weighted by atomic mass is 9.95. The SMILES string of the molecule is [B]CC(=O)c1ccc(C)c(F)c1. The van der Waals surface area contributed by atoms with Gasteiger partial charge in [-0.3, -0.25) is 4.79 Å². The summed E-state index contributed by atoms with van der Waals surface area (Å²) in [4.78, 5) is 11.0. The molecule has 1 aromatic rings. The van der Waals surface area contributed by atoms with Crippen LogP contribution in [-0.2, 0) is 0 Å². The van der Waals surface area contributed by atoms with Gasteiger partial charge in [-0.25, -0.2) is 4.39 Å². The normalized spacial score (nSPS) is 9.83. The molecule has 0 fully saturated rings. The minimum absolute atomic E-state index is 0.0809. The average Bonchev–Trinajstić information content (AvgIpc) is 2.08. The fourth-order valence-electron chi connectivity index (χ4n) is 0.884. The van der Waals surface area contributed by atoms with Crippen molar-refractivity contribution in [3.63, 3.8) is 0 Å². The molecule has 0 unspecified atom stereocenters. The number of hydrogen-bond donors (Lipinski definition) is 0. The standard InChI is InChI=1S/C9H8BFO/c1-6-2-3-7(4-8(6)11)9(12)5-10/h2-4H,5H2,1H3. The van der Waals surface area contributed by atoms with E-state index in [-0.39, 0.29) is 17.9 Å². The second-order valence-corrected chi connectivity index (χ2v) is 2.59. The first kappa shape index (κ1) is 8.98. The van der Waals surface area contributed by atoms with Crippen molar-refractivity contribution >= 4 is 13.6 Å². The van der Waals surface area contributed by atoms with Crippen LogP contribution < -0.4 is 0 Å². The Morgan fingerprint density at radius 3 is 2.75 bits per heavy atom. The summed E-state index contributed by atoms with van der Waals surface area (Å²) in [6.07, 6.45) is -0.0809. The molecule has 0 aliphatic rings. The van der Waals surface area contributed by atoms with Crippen molar-refractivity contribution in [2.24, 2.45) is 0 Å². The Morgan fingerprint density at radius 2 is 2.25 bits per heavy atom. The number of Topliss-reactive ketones (excluding diaryl/α,β-unsaturated/α-hetero) is 1. The molecule has 0 saturated heterocycles. The van der Waals surface area contributed by atoms with E-state index in [0.29, 0.717) is 11.1 Å². The predicted molar refractivity (Wildman–Crippen MR) is 46.0 cm³/mol. The molecule has 0 amide bonds. The maximum Gasteiger partial charge on any atom is 0.154 e. The molecule has 0 aliphatic carbocycles. The summed E-state index contributed by atoms with van der Waals surface area (Å²) in [5.74, 6) is -0.608. The van der Waals surface area contributed by atoms with Crippen molar-refractivity contribution in [1.82, 2.24) is 0 Å². The average molecular weight is 162 g/mol. The highest BCUT2D eigenvalue weighted by Gasteiger charge is 2.04. The summed E-state index contributed by atoms with van der Waals surface area (Å²) in [5.41, 5.74) is 0.865. The smallest absolute Gasteiger partial charge is 0.154 e. The van der Waals surface area contributed by atoms with Crippen LogP contribution >= 0.6 is 0 Å². The zero-order valence-corrected chi connectivity index (χ0v) is 6.80. The van der Waals surface area contributed by atoms with Gasteiger partial charge >= 0.3 is 0 Å². The van der Waals surface area contributed by atoms with Crippen molar-refractivity contribution < 1.29 is 9.18 Å². The van der Waals surface area contributed by atoms with Gasteiger partial charge in [0.25, 0.3) is 0 Å². The summed E-state index contributed by atoms with van der Waals surface area (Å²) in [5, 5.41) is 0. The Labute approximate surface area is 72.0 Å². The van der Waals surface area contributed by atoms with Gasteiger partial charge < -0.3 is 0 Å². The third-order valence-corrected chi connectivity index (χ3v) is 1.68. The van der Waals surface area contributed by atoms with Gasteiger partial charge in [-0.05, 0) is 24.9 Å². The molecule has 0 saturated carbocycles. The van der Waals surface area contributed by atoms with Crippen LogP contribution in [0.2, 0.25) is 6.32 Å². The van der Waals surface area contributed by atoms with Gasteiger partial charge in [0.1, 0.15) is 5.82 Å². The molecule has 0 aromatic heterocycles. The number of halogens is 1. The maximum absolute atomic E-state index is 12.9. The zero-order chi connectivity index (χ0) is 9.14. The molecule has 0 atom stereocenters. The van der Waals surface area contributed by atoms with Crippen molar-refractivity contribution in [2.75, 3.05) is 0 Å². The fourth-order valence-corrected chi connectivity index (χ4v) is 0.884. The summed E-state index contributed by atoms with van der Waals surface area (Å²) < 4.78 is 12.9. The Morgan fingerprint density at radius 1 is 1.58 bits per heavy atom. The number of benzene rings is 1. The lowest BCUT2D eigenvalue weighted by Crippen LogP contribution is -1.98. The lowest BCUT2D eigenvalue weighted by Gasteiger charge is -1.99. The minimum atomic E-state index is -0.366. The molecule has 0 bridgehead atoms. The molecule has 1 aromatic carbocycles. The van der Waals surface area contributed by atoms with Gasteiger partial charge in [0.15, 0.2) is 5.78 Å². The van der Waals surface area contributed by atoms with E-state index in [2.05, 4.69) is 0 Å². The van der Waals surface area contributed by atoms with Crippen LogP contribution in [-0.4, -0.2) is 13.6 Å². The topological polar surface area (TPSA) is 17.1 Å². The summed E-state index contributed by atoms with van der Waals surface area (Å²) in [6, 6.07) is 4.36. The van der Waals surface area contributed by atoms with Crippen LogP contribution in [0.5, 0.6) is 0 Å². The number of rotatable bonds is 2. The van der Waals surface area contributed by atoms with Crippen molar-refractivity contribution in [3.8, 4) is 0 Å². The first-order chi connectivity index (χ1) is 5.65. The van der Waals surface area contributed by atoms with E-state index in [4.69, 9.17) is 7.85 Å². The molecule has 0 aliphatic heterocycles. The first-order valence-electron chi connectivity index (χ1n) is 3.64. The quantitative estimate of drug-likeness (QED) is 0.479. The Hall–Kier alpha value is -1.12. The second kappa shape index (κ2) is 3.52. The van der Waals surface area contributed by atoms with Crippen LogP contribution in [0.4, 0.5) is 4.39 Å². The van der Waals surface area contributed by atoms with Crippen molar-refractivity contribution in [3.05, 3.63) is 35.1 Å². The van der Waals surface area contributed by atoms with Gasteiger partial charge in [0.2, 0.25) is 0 Å². The second-order valence-electron chi connectivity index (χ2n) is 2.59. The molecule has 1 nitrogen and oxygen atoms in total. The number of carbonyl (C=O) groups is 1. The monoisotopic (exact) mass is 162 g/mol. The van der Waals surface area contributed by atoms with E-state index in [1.807, 2.05) is 0 Å². The Bertz CT molecular complexity index is 309. The maximum atomic E-state index is 12.9. The van der Waals surface area contributed by atoms with Crippen molar-refractivity contribution in [1.29, 1.82) is 0 Å². The van der Waals surface area contributed by atoms with E-state index in [1.54, 1.807) is 19.1 Å². The van der Waals surface area contributed by atoms with Gasteiger partial charge in [0, 0.05) is 5.56 Å². The lowest BCUT2D eigenvalue weighted by molar-refractivity contribution is 0.101. The van der Waals surface area contributed by atoms with Gasteiger partial charge in [0.05, 0.1) is 7.85 Å². The van der Waals surface area contributed by atoms with E-state index in [9.17, 15) is 9.18 Å². The Balaban J connectivity index is 3.05. The number of aryl methyl sites for hydroxylation is 1. The number of carbonyl (C=O) groups excluding carboxylic acids is 1. The van der Waals surface area contributed by atoms with Crippen LogP contribution in [0, 0.1) is 12.7 Å². The number of ketones is 1. The van der Waals surface area contributed by atoms with E-state index in [1.165, 1.54) is 6.07 Å². The Kier molecular flexibility index (Phi) is 2.63. The van der Waals surface area contributed by atoms with Gasteiger partial charge in [-0.15, -0.1) is 0 Å². The summed E-state index contributed by atoms with van der Waals surface area (Å²) >= 11 is 0. The predicted octanol–water partition coefficient (Wildman–Crippen LogP) is 1.90. The molecule has 3 heteroatoms. The van der Waals surface area contributed by atoms with E-state index < -0.39 is 0 Å². The molecule has 60 valence electrons. The largest absolute Gasteiger partial charge is 0.295 e. The molecular weight excluding hydrogens is 154 g/mol. The van der Waals surface area contributed by atoms with Gasteiger partial charge in [-0.2, -0.15) is 0 Å². The van der Waals surface area contributed by atoms with Crippen LogP contribution in [0.1, 0.15) is 15.9 Å². The fraction of sp³-hybridized carbons (Fsp3) is 0.222. The highest BCUT2D eigenvalue weighted by atomic mass is 19.1. The van der Waals surface area contributed by atoms with Gasteiger partial charge in [-0.1, -0.05) is 12.1 Å². The summed E-state index contributed by atoms with van der Waals surface area (Å²) in [7, 11) is 5.12. The van der Waals surface area contributed by atoms with Crippen molar-refractivity contribution in [2.45, 2.75) is 13.2 Å². The third-order valence-electron chi connectivity index (χ3n) is 1.68. The van der Waals surface area contributed by atoms with E-state index in [0.717, 1.165) is 0 Å². The molecule has 0 heterocycles. The highest BCUT2D eigenvalue weighted by molar-refractivity contribution is 6.23. The minimum Gasteiger partial charge on any atom is -0.295 e. The molecule has 0 N–H and O–H groups in total. The molecule has 2 radical (unpaired) electrons. The third kappa shape index (κ3) is 1.73. The van der Waals surface area contributed by atoms with Crippen LogP contribution in [0.25, 0.3) is 0 Å².